The Morgan fingerprint density at radius 3 is 3.12 bits per heavy atom. The molecular weight excluding hydrogens is 204 g/mol. The number of aromatic nitrogens is 1. The van der Waals surface area contributed by atoms with Gasteiger partial charge in [-0.05, 0) is 25.5 Å². The summed E-state index contributed by atoms with van der Waals surface area (Å²) >= 11 is 0. The lowest BCUT2D eigenvalue weighted by Crippen LogP contribution is -2.18. The second-order valence-corrected chi connectivity index (χ2v) is 3.46. The van der Waals surface area contributed by atoms with Crippen LogP contribution in [0.3, 0.4) is 0 Å². The zero-order chi connectivity index (χ0) is 12.0. The second kappa shape index (κ2) is 5.90. The van der Waals surface area contributed by atoms with Gasteiger partial charge < -0.3 is 10.1 Å². The van der Waals surface area contributed by atoms with Gasteiger partial charge in [0.05, 0.1) is 7.11 Å². The number of nitrogens with zero attached hydrogens (tertiary/aromatic N) is 1. The zero-order valence-electron chi connectivity index (χ0n) is 9.56. The van der Waals surface area contributed by atoms with Gasteiger partial charge in [-0.15, -0.1) is 6.58 Å². The third-order valence-corrected chi connectivity index (χ3v) is 2.12. The lowest BCUT2D eigenvalue weighted by Gasteiger charge is -2.14. The highest BCUT2D eigenvalue weighted by Gasteiger charge is 2.13. The largest absolute Gasteiger partial charge is 0.465 e. The fourth-order valence-corrected chi connectivity index (χ4v) is 1.34. The number of pyridine rings is 1. The van der Waals surface area contributed by atoms with Crippen LogP contribution in [0, 0.1) is 0 Å². The molecule has 4 nitrogen and oxygen atoms in total. The number of hydrogen-bond acceptors (Lipinski definition) is 4. The van der Waals surface area contributed by atoms with Crippen molar-refractivity contribution in [2.75, 3.05) is 12.4 Å². The fourth-order valence-electron chi connectivity index (χ4n) is 1.34. The van der Waals surface area contributed by atoms with Crippen LogP contribution in [0.4, 0.5) is 5.82 Å². The minimum atomic E-state index is -0.388. The van der Waals surface area contributed by atoms with Crippen LogP contribution >= 0.6 is 0 Å². The summed E-state index contributed by atoms with van der Waals surface area (Å²) in [7, 11) is 1.35. The molecule has 0 saturated heterocycles. The van der Waals surface area contributed by atoms with Crippen molar-refractivity contribution in [3.63, 3.8) is 0 Å². The van der Waals surface area contributed by atoms with Crippen molar-refractivity contribution in [3.8, 4) is 0 Å². The van der Waals surface area contributed by atoms with E-state index >= 15 is 0 Å². The number of ether oxygens (including phenoxy) is 1. The Labute approximate surface area is 95.3 Å². The zero-order valence-corrected chi connectivity index (χ0v) is 9.56. The molecule has 0 aliphatic carbocycles. The highest BCUT2D eigenvalue weighted by Crippen LogP contribution is 2.14. The van der Waals surface area contributed by atoms with Gasteiger partial charge in [-0.25, -0.2) is 9.78 Å². The Hall–Kier alpha value is -1.84. The Kier molecular flexibility index (Phi) is 4.51. The number of hydrogen-bond donors (Lipinski definition) is 1. The van der Waals surface area contributed by atoms with Crippen LogP contribution in [0.2, 0.25) is 0 Å². The monoisotopic (exact) mass is 220 g/mol. The van der Waals surface area contributed by atoms with Crippen LogP contribution < -0.4 is 5.32 Å². The predicted octanol–water partition coefficient (Wildman–Crippen LogP) is 2.24. The van der Waals surface area contributed by atoms with Gasteiger partial charge in [-0.3, -0.25) is 0 Å². The number of nitrogens with one attached hydrogen (secondary N) is 1. The molecule has 0 amide bonds. The van der Waals surface area contributed by atoms with Crippen molar-refractivity contribution in [2.24, 2.45) is 0 Å². The summed E-state index contributed by atoms with van der Waals surface area (Å²) in [5.41, 5.74) is 0.445. The van der Waals surface area contributed by atoms with Crippen LogP contribution in [0.5, 0.6) is 0 Å². The summed E-state index contributed by atoms with van der Waals surface area (Å²) in [5.74, 6) is 0.158. The van der Waals surface area contributed by atoms with E-state index in [1.165, 1.54) is 7.11 Å². The normalized spacial score (nSPS) is 11.6. The quantitative estimate of drug-likeness (QED) is 0.610. The van der Waals surface area contributed by atoms with E-state index in [0.717, 1.165) is 6.42 Å². The Bertz CT molecular complexity index is 377. The maximum absolute atomic E-state index is 11.5. The van der Waals surface area contributed by atoms with E-state index in [4.69, 9.17) is 0 Å². The average molecular weight is 220 g/mol. The molecule has 1 unspecified atom stereocenters. The van der Waals surface area contributed by atoms with E-state index in [-0.39, 0.29) is 12.0 Å². The first-order valence-corrected chi connectivity index (χ1v) is 5.09. The predicted molar refractivity (Wildman–Crippen MR) is 63.5 cm³/mol. The van der Waals surface area contributed by atoms with Crippen molar-refractivity contribution >= 4 is 11.8 Å². The second-order valence-electron chi connectivity index (χ2n) is 3.46. The number of carbonyl (C=O) groups excluding carboxylic acids is 1. The summed E-state index contributed by atoms with van der Waals surface area (Å²) in [5, 5.41) is 3.14. The van der Waals surface area contributed by atoms with Crippen LogP contribution in [0.25, 0.3) is 0 Å². The van der Waals surface area contributed by atoms with Gasteiger partial charge in [-0.1, -0.05) is 6.08 Å². The first kappa shape index (κ1) is 12.2. The van der Waals surface area contributed by atoms with Gasteiger partial charge >= 0.3 is 5.97 Å². The highest BCUT2D eigenvalue weighted by molar-refractivity contribution is 5.94. The molecule has 0 aliphatic rings. The molecule has 4 heteroatoms. The summed E-state index contributed by atoms with van der Waals surface area (Å²) in [6, 6.07) is 3.56. The molecule has 1 atom stereocenters. The molecule has 0 fully saturated rings. The molecule has 86 valence electrons. The molecule has 0 bridgehead atoms. The van der Waals surface area contributed by atoms with Crippen LogP contribution in [-0.2, 0) is 4.74 Å². The average Bonchev–Trinajstić information content (AvgIpc) is 2.29. The molecule has 1 rings (SSSR count). The van der Waals surface area contributed by atoms with Gasteiger partial charge in [0.1, 0.15) is 11.4 Å². The van der Waals surface area contributed by atoms with Crippen molar-refractivity contribution in [3.05, 3.63) is 36.5 Å². The highest BCUT2D eigenvalue weighted by atomic mass is 16.5. The Balaban J connectivity index is 2.86. The first-order valence-electron chi connectivity index (χ1n) is 5.09. The SMILES string of the molecule is C=CCC(C)Nc1ncccc1C(=O)OC. The maximum atomic E-state index is 11.5. The molecule has 1 heterocycles. The Morgan fingerprint density at radius 1 is 1.75 bits per heavy atom. The number of methoxy groups -OCH3 is 1. The van der Waals surface area contributed by atoms with Crippen molar-refractivity contribution in [1.29, 1.82) is 0 Å². The van der Waals surface area contributed by atoms with E-state index in [1.807, 2.05) is 13.0 Å². The molecule has 0 spiro atoms. The number of anilines is 1. The maximum Gasteiger partial charge on any atom is 0.341 e. The first-order chi connectivity index (χ1) is 7.69. The van der Waals surface area contributed by atoms with E-state index in [0.29, 0.717) is 11.4 Å². The third kappa shape index (κ3) is 3.08. The standard InChI is InChI=1S/C12H16N2O2/c1-4-6-9(2)14-11-10(12(15)16-3)7-5-8-13-11/h4-5,7-9H,1,6H2,2-3H3,(H,13,14). The van der Waals surface area contributed by atoms with Gasteiger partial charge in [-0.2, -0.15) is 0 Å². The summed E-state index contributed by atoms with van der Waals surface area (Å²) in [6.07, 6.45) is 4.25. The third-order valence-electron chi connectivity index (χ3n) is 2.12. The van der Waals surface area contributed by atoms with Crippen molar-refractivity contribution in [2.45, 2.75) is 19.4 Å². The van der Waals surface area contributed by atoms with Gasteiger partial charge in [0, 0.05) is 12.2 Å². The number of esters is 1. The molecule has 1 N–H and O–H groups in total. The van der Waals surface area contributed by atoms with E-state index < -0.39 is 0 Å². The minimum absolute atomic E-state index is 0.177. The topological polar surface area (TPSA) is 51.2 Å². The lowest BCUT2D eigenvalue weighted by atomic mass is 10.2. The number of carbonyl (C=O) groups is 1. The van der Waals surface area contributed by atoms with Gasteiger partial charge in [0.2, 0.25) is 0 Å². The van der Waals surface area contributed by atoms with Crippen molar-refractivity contribution < 1.29 is 9.53 Å². The smallest absolute Gasteiger partial charge is 0.341 e. The lowest BCUT2D eigenvalue weighted by molar-refractivity contribution is 0.0601. The molecule has 0 aliphatic heterocycles. The molecule has 0 radical (unpaired) electrons. The van der Waals surface area contributed by atoms with Gasteiger partial charge in [0.15, 0.2) is 0 Å². The van der Waals surface area contributed by atoms with Gasteiger partial charge in [0.25, 0.3) is 0 Å². The van der Waals surface area contributed by atoms with Crippen LogP contribution in [-0.4, -0.2) is 24.1 Å². The fraction of sp³-hybridized carbons (Fsp3) is 0.333. The minimum Gasteiger partial charge on any atom is -0.465 e. The van der Waals surface area contributed by atoms with E-state index in [2.05, 4.69) is 21.6 Å². The summed E-state index contributed by atoms with van der Waals surface area (Å²) in [4.78, 5) is 15.6. The van der Waals surface area contributed by atoms with Crippen LogP contribution in [0.1, 0.15) is 23.7 Å². The summed E-state index contributed by atoms with van der Waals surface area (Å²) < 4.78 is 4.68. The molecule has 0 saturated carbocycles. The van der Waals surface area contributed by atoms with E-state index in [1.54, 1.807) is 18.3 Å². The van der Waals surface area contributed by atoms with Crippen LogP contribution in [0.15, 0.2) is 31.0 Å². The molecule has 0 aromatic carbocycles. The molecule has 1 aromatic rings. The van der Waals surface area contributed by atoms with E-state index in [9.17, 15) is 4.79 Å². The summed E-state index contributed by atoms with van der Waals surface area (Å²) in [6.45, 7) is 5.66. The molecular formula is C12H16N2O2. The number of rotatable bonds is 5. The van der Waals surface area contributed by atoms with Crippen molar-refractivity contribution in [1.82, 2.24) is 4.98 Å². The Morgan fingerprint density at radius 2 is 2.50 bits per heavy atom. The molecule has 1 aromatic heterocycles. The molecule has 16 heavy (non-hydrogen) atoms.